The van der Waals surface area contributed by atoms with Gasteiger partial charge in [0.25, 0.3) is 0 Å². The van der Waals surface area contributed by atoms with E-state index in [9.17, 15) is 4.79 Å². The second-order valence-electron chi connectivity index (χ2n) is 5.83. The molecule has 3 heterocycles. The average molecular weight is 336 g/mol. The van der Waals surface area contributed by atoms with Gasteiger partial charge in [0.15, 0.2) is 0 Å². The van der Waals surface area contributed by atoms with E-state index >= 15 is 0 Å². The van der Waals surface area contributed by atoms with Crippen molar-refractivity contribution >= 4 is 24.1 Å². The van der Waals surface area contributed by atoms with E-state index in [1.54, 1.807) is 18.3 Å². The van der Waals surface area contributed by atoms with Gasteiger partial charge in [-0.2, -0.15) is 5.26 Å². The number of hydrogen-bond donors (Lipinski definition) is 1. The van der Waals surface area contributed by atoms with Gasteiger partial charge in [0, 0.05) is 32.4 Å². The molecule has 0 radical (unpaired) electrons. The lowest BCUT2D eigenvalue weighted by Crippen LogP contribution is -2.55. The Balaban J connectivity index is 0.00000192. The third-order valence-corrected chi connectivity index (χ3v) is 4.40. The lowest BCUT2D eigenvalue weighted by Gasteiger charge is -2.37. The third-order valence-electron chi connectivity index (χ3n) is 4.40. The largest absolute Gasteiger partial charge is 0.353 e. The molecule has 0 saturated carbocycles. The zero-order valence-electron chi connectivity index (χ0n) is 13.1. The van der Waals surface area contributed by atoms with Gasteiger partial charge in [-0.1, -0.05) is 6.42 Å². The molecule has 0 aliphatic carbocycles. The number of piperazine rings is 1. The SMILES string of the molecule is Cl.N#Cc1ccnc(N2CCN(C(=O)C3CCCCN3)CC2)c1. The summed E-state index contributed by atoms with van der Waals surface area (Å²) in [5.41, 5.74) is 0.620. The van der Waals surface area contributed by atoms with Crippen LogP contribution in [-0.4, -0.2) is 54.6 Å². The van der Waals surface area contributed by atoms with Crippen molar-refractivity contribution in [2.75, 3.05) is 37.6 Å². The molecule has 0 bridgehead atoms. The van der Waals surface area contributed by atoms with Gasteiger partial charge in [-0.3, -0.25) is 4.79 Å². The predicted molar refractivity (Wildman–Crippen MR) is 90.6 cm³/mol. The molecule has 1 aromatic rings. The Morgan fingerprint density at radius 3 is 2.74 bits per heavy atom. The maximum Gasteiger partial charge on any atom is 0.239 e. The molecule has 1 amide bonds. The maximum absolute atomic E-state index is 12.5. The van der Waals surface area contributed by atoms with E-state index in [0.717, 1.165) is 51.4 Å². The molecule has 6 nitrogen and oxygen atoms in total. The Bertz CT molecular complexity index is 574. The fraction of sp³-hybridized carbons (Fsp3) is 0.562. The quantitative estimate of drug-likeness (QED) is 0.878. The molecule has 0 aromatic carbocycles. The molecule has 1 atom stereocenters. The number of hydrogen-bond acceptors (Lipinski definition) is 5. The molecule has 1 N–H and O–H groups in total. The van der Waals surface area contributed by atoms with Crippen molar-refractivity contribution in [3.05, 3.63) is 23.9 Å². The van der Waals surface area contributed by atoms with Gasteiger partial charge in [-0.25, -0.2) is 4.98 Å². The minimum atomic E-state index is 0. The highest BCUT2D eigenvalue weighted by Crippen LogP contribution is 2.16. The number of piperidine rings is 1. The van der Waals surface area contributed by atoms with E-state index in [1.165, 1.54) is 6.42 Å². The number of rotatable bonds is 2. The van der Waals surface area contributed by atoms with Crippen molar-refractivity contribution in [3.8, 4) is 6.07 Å². The number of aromatic nitrogens is 1. The molecule has 2 aliphatic rings. The second-order valence-corrected chi connectivity index (χ2v) is 5.83. The van der Waals surface area contributed by atoms with Crippen LogP contribution in [0.25, 0.3) is 0 Å². The minimum Gasteiger partial charge on any atom is -0.353 e. The van der Waals surface area contributed by atoms with Crippen molar-refractivity contribution in [1.29, 1.82) is 5.26 Å². The molecular weight excluding hydrogens is 314 g/mol. The average Bonchev–Trinajstić information content (AvgIpc) is 2.62. The van der Waals surface area contributed by atoms with Gasteiger partial charge < -0.3 is 15.1 Å². The van der Waals surface area contributed by atoms with Crippen LogP contribution in [0.5, 0.6) is 0 Å². The van der Waals surface area contributed by atoms with E-state index in [1.807, 2.05) is 4.90 Å². The normalized spacial score (nSPS) is 21.3. The van der Waals surface area contributed by atoms with Gasteiger partial charge >= 0.3 is 0 Å². The van der Waals surface area contributed by atoms with Gasteiger partial charge in [0.2, 0.25) is 5.91 Å². The third kappa shape index (κ3) is 4.12. The van der Waals surface area contributed by atoms with Gasteiger partial charge in [0.05, 0.1) is 17.7 Å². The highest BCUT2D eigenvalue weighted by molar-refractivity contribution is 5.85. The van der Waals surface area contributed by atoms with Crippen LogP contribution < -0.4 is 10.2 Å². The number of amides is 1. The van der Waals surface area contributed by atoms with E-state index < -0.39 is 0 Å². The minimum absolute atomic E-state index is 0. The van der Waals surface area contributed by atoms with Crippen molar-refractivity contribution in [3.63, 3.8) is 0 Å². The van der Waals surface area contributed by atoms with Crippen LogP contribution in [0.3, 0.4) is 0 Å². The van der Waals surface area contributed by atoms with Crippen LogP contribution in [0.2, 0.25) is 0 Å². The second kappa shape index (κ2) is 8.14. The molecule has 3 rings (SSSR count). The number of carbonyl (C=O) groups excluding carboxylic acids is 1. The summed E-state index contributed by atoms with van der Waals surface area (Å²) in [6.07, 6.45) is 4.91. The van der Waals surface area contributed by atoms with Gasteiger partial charge in [-0.15, -0.1) is 12.4 Å². The number of anilines is 1. The molecule has 2 fully saturated rings. The fourth-order valence-corrected chi connectivity index (χ4v) is 3.10. The monoisotopic (exact) mass is 335 g/mol. The molecule has 1 unspecified atom stereocenters. The van der Waals surface area contributed by atoms with Crippen molar-refractivity contribution in [1.82, 2.24) is 15.2 Å². The summed E-state index contributed by atoms with van der Waals surface area (Å²) in [7, 11) is 0. The first-order valence-corrected chi connectivity index (χ1v) is 7.91. The van der Waals surface area contributed by atoms with Crippen LogP contribution in [0.15, 0.2) is 18.3 Å². The lowest BCUT2D eigenvalue weighted by atomic mass is 10.0. The lowest BCUT2D eigenvalue weighted by molar-refractivity contribution is -0.134. The van der Waals surface area contributed by atoms with E-state index in [2.05, 4.69) is 21.3 Å². The number of nitriles is 1. The zero-order chi connectivity index (χ0) is 15.4. The van der Waals surface area contributed by atoms with Crippen LogP contribution in [0, 0.1) is 11.3 Å². The smallest absolute Gasteiger partial charge is 0.239 e. The Hall–Kier alpha value is -1.84. The van der Waals surface area contributed by atoms with Crippen LogP contribution in [0.1, 0.15) is 24.8 Å². The predicted octanol–water partition coefficient (Wildman–Crippen LogP) is 1.17. The molecule has 7 heteroatoms. The number of halogens is 1. The van der Waals surface area contributed by atoms with Crippen molar-refractivity contribution < 1.29 is 4.79 Å². The van der Waals surface area contributed by atoms with Crippen molar-refractivity contribution in [2.45, 2.75) is 25.3 Å². The van der Waals surface area contributed by atoms with E-state index in [-0.39, 0.29) is 24.4 Å². The van der Waals surface area contributed by atoms with Crippen molar-refractivity contribution in [2.24, 2.45) is 0 Å². The molecule has 2 saturated heterocycles. The number of carbonyl (C=O) groups is 1. The Morgan fingerprint density at radius 2 is 2.09 bits per heavy atom. The fourth-order valence-electron chi connectivity index (χ4n) is 3.10. The Morgan fingerprint density at radius 1 is 1.30 bits per heavy atom. The zero-order valence-corrected chi connectivity index (χ0v) is 13.9. The molecule has 124 valence electrons. The number of nitrogens with zero attached hydrogens (tertiary/aromatic N) is 4. The number of pyridine rings is 1. The van der Waals surface area contributed by atoms with Gasteiger partial charge in [0.1, 0.15) is 5.82 Å². The summed E-state index contributed by atoms with van der Waals surface area (Å²) < 4.78 is 0. The standard InChI is InChI=1S/C16H21N5O.ClH/c17-12-13-4-6-19-15(11-13)20-7-9-21(10-8-20)16(22)14-3-1-2-5-18-14;/h4,6,11,14,18H,1-3,5,7-10H2;1H. The van der Waals surface area contributed by atoms with Gasteiger partial charge in [-0.05, 0) is 31.5 Å². The summed E-state index contributed by atoms with van der Waals surface area (Å²) in [4.78, 5) is 20.9. The molecule has 1 aromatic heterocycles. The molecule has 2 aliphatic heterocycles. The first-order valence-electron chi connectivity index (χ1n) is 7.91. The Labute approximate surface area is 142 Å². The first-order chi connectivity index (χ1) is 10.8. The highest BCUT2D eigenvalue weighted by Gasteiger charge is 2.28. The maximum atomic E-state index is 12.5. The molecular formula is C16H22ClN5O. The van der Waals surface area contributed by atoms with E-state index in [4.69, 9.17) is 5.26 Å². The summed E-state index contributed by atoms with van der Waals surface area (Å²) in [6, 6.07) is 5.65. The Kier molecular flexibility index (Phi) is 6.20. The molecule has 0 spiro atoms. The first kappa shape index (κ1) is 17.5. The van der Waals surface area contributed by atoms with Crippen LogP contribution in [0.4, 0.5) is 5.82 Å². The van der Waals surface area contributed by atoms with Crippen LogP contribution >= 0.6 is 12.4 Å². The van der Waals surface area contributed by atoms with Crippen LogP contribution in [-0.2, 0) is 4.79 Å². The summed E-state index contributed by atoms with van der Waals surface area (Å²) in [6.45, 7) is 3.91. The summed E-state index contributed by atoms with van der Waals surface area (Å²) >= 11 is 0. The summed E-state index contributed by atoms with van der Waals surface area (Å²) in [5.74, 6) is 1.06. The number of nitrogens with one attached hydrogen (secondary N) is 1. The summed E-state index contributed by atoms with van der Waals surface area (Å²) in [5, 5.41) is 12.3. The topological polar surface area (TPSA) is 72.3 Å². The van der Waals surface area contributed by atoms with E-state index in [0.29, 0.717) is 5.56 Å². The molecule has 23 heavy (non-hydrogen) atoms. The highest BCUT2D eigenvalue weighted by atomic mass is 35.5.